The van der Waals surface area contributed by atoms with Crippen LogP contribution in [0.1, 0.15) is 16.1 Å². The Labute approximate surface area is 203 Å². The lowest BCUT2D eigenvalue weighted by Gasteiger charge is -2.05. The largest absolute Gasteiger partial charge is 0.454 e. The summed E-state index contributed by atoms with van der Waals surface area (Å²) >= 11 is 1.47. The average molecular weight is 484 g/mol. The number of benzene rings is 2. The lowest BCUT2D eigenvalue weighted by Crippen LogP contribution is -2.08. The number of nitrogens with zero attached hydrogens (tertiary/aromatic N) is 2. The van der Waals surface area contributed by atoms with E-state index in [1.54, 1.807) is 18.2 Å². The van der Waals surface area contributed by atoms with E-state index in [0.717, 1.165) is 33.1 Å². The number of carbonyl (C=O) groups is 1. The van der Waals surface area contributed by atoms with Gasteiger partial charge >= 0.3 is 0 Å². The average Bonchev–Trinajstić information content (AvgIpc) is 3.67. The van der Waals surface area contributed by atoms with Crippen LogP contribution in [-0.2, 0) is 0 Å². The van der Waals surface area contributed by atoms with Gasteiger partial charge in [-0.2, -0.15) is 0 Å². The fraction of sp³-hybridized carbons (Fsp3) is 0.0769. The van der Waals surface area contributed by atoms with Gasteiger partial charge < -0.3 is 29.1 Å². The SMILES string of the molecule is Nc1c(-c2nc(-c3ccc4c(c3)OCO4)cs2)c2ccccn2c1C(=O)c1ccc2c(c1)OCO2. The summed E-state index contributed by atoms with van der Waals surface area (Å²) in [6.07, 6.45) is 1.84. The summed E-state index contributed by atoms with van der Waals surface area (Å²) in [7, 11) is 0. The molecule has 0 atom stereocenters. The summed E-state index contributed by atoms with van der Waals surface area (Å²) in [4.78, 5) is 18.5. The number of rotatable bonds is 4. The second-order valence-electron chi connectivity index (χ2n) is 8.10. The van der Waals surface area contributed by atoms with Crippen LogP contribution in [0.2, 0.25) is 0 Å². The molecule has 9 heteroatoms. The quantitative estimate of drug-likeness (QED) is 0.359. The number of nitrogen functional groups attached to an aromatic ring is 1. The van der Waals surface area contributed by atoms with E-state index in [4.69, 9.17) is 29.7 Å². The van der Waals surface area contributed by atoms with Crippen LogP contribution >= 0.6 is 11.3 Å². The molecule has 0 radical (unpaired) electrons. The zero-order valence-corrected chi connectivity index (χ0v) is 19.0. The summed E-state index contributed by atoms with van der Waals surface area (Å²) in [6.45, 7) is 0.359. The molecule has 0 saturated carbocycles. The normalized spacial score (nSPS) is 13.5. The fourth-order valence-corrected chi connectivity index (χ4v) is 5.33. The van der Waals surface area contributed by atoms with Gasteiger partial charge in [0.25, 0.3) is 0 Å². The van der Waals surface area contributed by atoms with Crippen molar-refractivity contribution in [1.82, 2.24) is 9.38 Å². The van der Waals surface area contributed by atoms with Crippen molar-refractivity contribution in [3.05, 3.63) is 77.4 Å². The molecular formula is C26H17N3O5S. The molecule has 0 spiro atoms. The molecule has 5 heterocycles. The second-order valence-corrected chi connectivity index (χ2v) is 8.95. The smallest absolute Gasteiger partial charge is 0.231 e. The maximum Gasteiger partial charge on any atom is 0.231 e. The van der Waals surface area contributed by atoms with Crippen molar-refractivity contribution in [3.63, 3.8) is 0 Å². The van der Waals surface area contributed by atoms with Crippen molar-refractivity contribution in [1.29, 1.82) is 0 Å². The monoisotopic (exact) mass is 483 g/mol. The van der Waals surface area contributed by atoms with Crippen LogP contribution in [0.25, 0.3) is 27.3 Å². The molecule has 0 amide bonds. The van der Waals surface area contributed by atoms with Gasteiger partial charge in [-0.05, 0) is 48.5 Å². The summed E-state index contributed by atoms with van der Waals surface area (Å²) in [6, 6.07) is 16.6. The molecule has 8 nitrogen and oxygen atoms in total. The van der Waals surface area contributed by atoms with Gasteiger partial charge in [-0.15, -0.1) is 11.3 Å². The van der Waals surface area contributed by atoms with Crippen molar-refractivity contribution in [2.24, 2.45) is 0 Å². The minimum atomic E-state index is -0.208. The zero-order valence-electron chi connectivity index (χ0n) is 18.2. The second kappa shape index (κ2) is 7.51. The Hall–Kier alpha value is -4.50. The Bertz CT molecular complexity index is 1650. The van der Waals surface area contributed by atoms with Crippen molar-refractivity contribution in [2.45, 2.75) is 0 Å². The highest BCUT2D eigenvalue weighted by molar-refractivity contribution is 7.13. The first kappa shape index (κ1) is 19.9. The van der Waals surface area contributed by atoms with Crippen molar-refractivity contribution in [3.8, 4) is 44.8 Å². The van der Waals surface area contributed by atoms with E-state index in [1.165, 1.54) is 11.3 Å². The van der Waals surface area contributed by atoms with Gasteiger partial charge in [-0.25, -0.2) is 4.98 Å². The first-order valence-corrected chi connectivity index (χ1v) is 11.7. The molecule has 0 saturated heterocycles. The van der Waals surface area contributed by atoms with E-state index < -0.39 is 0 Å². The van der Waals surface area contributed by atoms with Crippen LogP contribution < -0.4 is 24.7 Å². The van der Waals surface area contributed by atoms with E-state index in [2.05, 4.69) is 0 Å². The summed E-state index contributed by atoms with van der Waals surface area (Å²) in [5.41, 5.74) is 11.1. The number of fused-ring (bicyclic) bond motifs is 3. The Kier molecular flexibility index (Phi) is 4.27. The fourth-order valence-electron chi connectivity index (χ4n) is 4.44. The first-order valence-electron chi connectivity index (χ1n) is 10.9. The number of pyridine rings is 1. The number of anilines is 1. The predicted molar refractivity (Wildman–Crippen MR) is 130 cm³/mol. The number of nitrogens with two attached hydrogens (primary N) is 1. The van der Waals surface area contributed by atoms with E-state index in [-0.39, 0.29) is 19.4 Å². The molecule has 5 aromatic rings. The Morgan fingerprint density at radius 3 is 2.49 bits per heavy atom. The Morgan fingerprint density at radius 2 is 1.66 bits per heavy atom. The van der Waals surface area contributed by atoms with Crippen LogP contribution in [0, 0.1) is 0 Å². The number of aromatic nitrogens is 2. The van der Waals surface area contributed by atoms with Gasteiger partial charge in [0.05, 0.1) is 22.5 Å². The number of carbonyl (C=O) groups excluding carboxylic acids is 1. The molecule has 3 aromatic heterocycles. The third-order valence-electron chi connectivity index (χ3n) is 6.12. The third-order valence-corrected chi connectivity index (χ3v) is 6.98. The minimum Gasteiger partial charge on any atom is -0.454 e. The molecule has 7 rings (SSSR count). The van der Waals surface area contributed by atoms with E-state index in [0.29, 0.717) is 34.2 Å². The maximum atomic E-state index is 13.6. The van der Waals surface area contributed by atoms with Crippen LogP contribution in [0.4, 0.5) is 5.69 Å². The Balaban J connectivity index is 1.33. The van der Waals surface area contributed by atoms with Crippen molar-refractivity contribution in [2.75, 3.05) is 19.3 Å². The van der Waals surface area contributed by atoms with Crippen LogP contribution in [0.5, 0.6) is 23.0 Å². The third kappa shape index (κ3) is 3.05. The van der Waals surface area contributed by atoms with E-state index in [1.807, 2.05) is 52.4 Å². The van der Waals surface area contributed by atoms with E-state index in [9.17, 15) is 4.79 Å². The summed E-state index contributed by atoms with van der Waals surface area (Å²) in [5, 5.41) is 2.70. The highest BCUT2D eigenvalue weighted by Crippen LogP contribution is 2.42. The highest BCUT2D eigenvalue weighted by atomic mass is 32.1. The molecule has 2 aromatic carbocycles. The number of ketones is 1. The van der Waals surface area contributed by atoms with Gasteiger partial charge in [-0.3, -0.25) is 4.79 Å². The van der Waals surface area contributed by atoms with Crippen LogP contribution in [-0.4, -0.2) is 28.8 Å². The number of hydrogen-bond acceptors (Lipinski definition) is 8. The van der Waals surface area contributed by atoms with Gasteiger partial charge in [0, 0.05) is 22.7 Å². The zero-order chi connectivity index (χ0) is 23.5. The van der Waals surface area contributed by atoms with Gasteiger partial charge in [-0.1, -0.05) is 6.07 Å². The number of ether oxygens (including phenoxy) is 4. The molecule has 2 aliphatic heterocycles. The summed E-state index contributed by atoms with van der Waals surface area (Å²) in [5.74, 6) is 2.37. The van der Waals surface area contributed by atoms with Gasteiger partial charge in [0.2, 0.25) is 19.4 Å². The molecule has 35 heavy (non-hydrogen) atoms. The molecule has 2 N–H and O–H groups in total. The number of hydrogen-bond donors (Lipinski definition) is 1. The first-order chi connectivity index (χ1) is 17.2. The van der Waals surface area contributed by atoms with E-state index >= 15 is 0 Å². The minimum absolute atomic E-state index is 0.142. The topological polar surface area (TPSA) is 97.3 Å². The van der Waals surface area contributed by atoms with Gasteiger partial charge in [0.15, 0.2) is 23.0 Å². The standard InChI is InChI=1S/C26H17N3O5S/c27-23-22(26-28-16(11-35-26)14-4-6-18-20(9-14)33-12-31-18)17-3-1-2-8-29(17)24(23)25(30)15-5-7-19-21(10-15)34-13-32-19/h1-11H,12-13,27H2. The molecule has 172 valence electrons. The lowest BCUT2D eigenvalue weighted by atomic mass is 10.1. The maximum absolute atomic E-state index is 13.6. The molecule has 0 bridgehead atoms. The molecule has 0 aliphatic carbocycles. The molecular weight excluding hydrogens is 466 g/mol. The van der Waals surface area contributed by atoms with Crippen molar-refractivity contribution < 1.29 is 23.7 Å². The molecule has 2 aliphatic rings. The molecule has 0 fully saturated rings. The van der Waals surface area contributed by atoms with Crippen molar-refractivity contribution >= 4 is 28.3 Å². The lowest BCUT2D eigenvalue weighted by molar-refractivity contribution is 0.103. The highest BCUT2D eigenvalue weighted by Gasteiger charge is 2.26. The predicted octanol–water partition coefficient (Wildman–Crippen LogP) is 5.00. The number of thiazole rings is 1. The van der Waals surface area contributed by atoms with Gasteiger partial charge in [0.1, 0.15) is 10.7 Å². The van der Waals surface area contributed by atoms with Crippen LogP contribution in [0.15, 0.2) is 66.2 Å². The Morgan fingerprint density at radius 1 is 0.914 bits per heavy atom. The molecule has 0 unspecified atom stereocenters. The summed E-state index contributed by atoms with van der Waals surface area (Å²) < 4.78 is 23.6. The van der Waals surface area contributed by atoms with Crippen LogP contribution in [0.3, 0.4) is 0 Å².